The third-order valence-electron chi connectivity index (χ3n) is 5.43. The van der Waals surface area contributed by atoms with E-state index in [-0.39, 0.29) is 11.4 Å². The standard InChI is InChI=1S/C24H31N3O/c1-17(2)27-22-12-11-20(13-21(22)18(3)15-24(27,4)5)16-25-26-23(28)14-19-9-7-6-8-10-19/h6-13,16-18H,14-15H2,1-5H3,(H,26,28)/b25-16-/t18-/m1/s1. The molecule has 0 aromatic heterocycles. The molecule has 148 valence electrons. The van der Waals surface area contributed by atoms with E-state index < -0.39 is 0 Å². The number of hydrogen-bond donors (Lipinski definition) is 1. The van der Waals surface area contributed by atoms with E-state index in [9.17, 15) is 4.79 Å². The highest BCUT2D eigenvalue weighted by atomic mass is 16.2. The molecule has 0 bridgehead atoms. The lowest BCUT2D eigenvalue weighted by molar-refractivity contribution is -0.120. The maximum atomic E-state index is 12.0. The maximum absolute atomic E-state index is 12.0. The highest BCUT2D eigenvalue weighted by Gasteiger charge is 2.37. The van der Waals surface area contributed by atoms with Crippen molar-refractivity contribution in [2.45, 2.75) is 65.0 Å². The van der Waals surface area contributed by atoms with Crippen molar-refractivity contribution in [3.05, 3.63) is 65.2 Å². The van der Waals surface area contributed by atoms with Crippen molar-refractivity contribution < 1.29 is 4.79 Å². The third-order valence-corrected chi connectivity index (χ3v) is 5.43. The molecule has 1 heterocycles. The van der Waals surface area contributed by atoms with Gasteiger partial charge in [0.2, 0.25) is 5.91 Å². The number of anilines is 1. The van der Waals surface area contributed by atoms with Crippen LogP contribution in [0.25, 0.3) is 0 Å². The molecule has 0 aliphatic carbocycles. The van der Waals surface area contributed by atoms with Gasteiger partial charge in [-0.05, 0) is 68.9 Å². The van der Waals surface area contributed by atoms with Crippen LogP contribution in [0.15, 0.2) is 53.6 Å². The van der Waals surface area contributed by atoms with Crippen LogP contribution in [0.1, 0.15) is 63.6 Å². The lowest BCUT2D eigenvalue weighted by atomic mass is 9.79. The average molecular weight is 378 g/mol. The first-order chi connectivity index (χ1) is 13.3. The van der Waals surface area contributed by atoms with E-state index in [0.717, 1.165) is 17.5 Å². The molecule has 1 aliphatic rings. The van der Waals surface area contributed by atoms with Crippen molar-refractivity contribution in [1.29, 1.82) is 0 Å². The van der Waals surface area contributed by atoms with Crippen LogP contribution >= 0.6 is 0 Å². The van der Waals surface area contributed by atoms with Gasteiger partial charge in [0.1, 0.15) is 0 Å². The summed E-state index contributed by atoms with van der Waals surface area (Å²) in [6, 6.07) is 16.6. The van der Waals surface area contributed by atoms with Gasteiger partial charge in [0.25, 0.3) is 0 Å². The fourth-order valence-electron chi connectivity index (χ4n) is 4.53. The molecule has 4 nitrogen and oxygen atoms in total. The number of hydrogen-bond acceptors (Lipinski definition) is 3. The Balaban J connectivity index is 1.72. The smallest absolute Gasteiger partial charge is 0.244 e. The fourth-order valence-corrected chi connectivity index (χ4v) is 4.53. The van der Waals surface area contributed by atoms with E-state index in [2.05, 4.69) is 68.2 Å². The van der Waals surface area contributed by atoms with Crippen LogP contribution in [0, 0.1) is 0 Å². The summed E-state index contributed by atoms with van der Waals surface area (Å²) in [4.78, 5) is 14.6. The van der Waals surface area contributed by atoms with Gasteiger partial charge in [-0.3, -0.25) is 4.79 Å². The predicted molar refractivity (Wildman–Crippen MR) is 117 cm³/mol. The van der Waals surface area contributed by atoms with E-state index in [1.54, 1.807) is 6.21 Å². The molecule has 28 heavy (non-hydrogen) atoms. The Morgan fingerprint density at radius 1 is 1.25 bits per heavy atom. The van der Waals surface area contributed by atoms with Gasteiger partial charge in [-0.2, -0.15) is 5.10 Å². The van der Waals surface area contributed by atoms with Crippen LogP contribution in [0.5, 0.6) is 0 Å². The summed E-state index contributed by atoms with van der Waals surface area (Å²) in [5.41, 5.74) is 7.42. The number of nitrogens with zero attached hydrogens (tertiary/aromatic N) is 2. The molecule has 2 aromatic rings. The second-order valence-electron chi connectivity index (χ2n) is 8.66. The molecule has 0 saturated heterocycles. The third kappa shape index (κ3) is 4.44. The maximum Gasteiger partial charge on any atom is 0.244 e. The zero-order valence-corrected chi connectivity index (χ0v) is 17.6. The van der Waals surface area contributed by atoms with Crippen LogP contribution in [0.4, 0.5) is 5.69 Å². The van der Waals surface area contributed by atoms with Crippen LogP contribution in [0.3, 0.4) is 0 Å². The van der Waals surface area contributed by atoms with Crippen LogP contribution in [0.2, 0.25) is 0 Å². The summed E-state index contributed by atoms with van der Waals surface area (Å²) in [6.45, 7) is 11.4. The Morgan fingerprint density at radius 3 is 2.64 bits per heavy atom. The van der Waals surface area contributed by atoms with E-state index in [0.29, 0.717) is 18.4 Å². The molecule has 0 saturated carbocycles. The van der Waals surface area contributed by atoms with Gasteiger partial charge >= 0.3 is 0 Å². The number of rotatable bonds is 5. The Bertz CT molecular complexity index is 855. The van der Waals surface area contributed by atoms with Crippen LogP contribution in [-0.4, -0.2) is 23.7 Å². The molecule has 0 fully saturated rings. The largest absolute Gasteiger partial charge is 0.364 e. The first-order valence-corrected chi connectivity index (χ1v) is 10.1. The fraction of sp³-hybridized carbons (Fsp3) is 0.417. The zero-order valence-electron chi connectivity index (χ0n) is 17.6. The van der Waals surface area contributed by atoms with Gasteiger partial charge in [0.15, 0.2) is 0 Å². The Labute approximate surface area is 168 Å². The summed E-state index contributed by atoms with van der Waals surface area (Å²) in [7, 11) is 0. The molecule has 1 atom stereocenters. The minimum Gasteiger partial charge on any atom is -0.364 e. The summed E-state index contributed by atoms with van der Waals surface area (Å²) in [6.07, 6.45) is 3.18. The van der Waals surface area contributed by atoms with Gasteiger partial charge in [-0.1, -0.05) is 43.3 Å². The summed E-state index contributed by atoms with van der Waals surface area (Å²) in [5, 5.41) is 4.16. The van der Waals surface area contributed by atoms with Gasteiger partial charge in [-0.15, -0.1) is 0 Å². The van der Waals surface area contributed by atoms with E-state index >= 15 is 0 Å². The van der Waals surface area contributed by atoms with Crippen molar-refractivity contribution in [3.63, 3.8) is 0 Å². The van der Waals surface area contributed by atoms with Gasteiger partial charge in [0, 0.05) is 17.3 Å². The summed E-state index contributed by atoms with van der Waals surface area (Å²) >= 11 is 0. The van der Waals surface area contributed by atoms with E-state index in [1.165, 1.54) is 11.3 Å². The van der Waals surface area contributed by atoms with Gasteiger partial charge < -0.3 is 4.90 Å². The number of hydrazone groups is 1. The molecule has 0 spiro atoms. The van der Waals surface area contributed by atoms with Gasteiger partial charge in [-0.25, -0.2) is 5.43 Å². The number of fused-ring (bicyclic) bond motifs is 1. The minimum absolute atomic E-state index is 0.110. The molecule has 1 N–H and O–H groups in total. The number of benzene rings is 2. The number of amides is 1. The molecular weight excluding hydrogens is 346 g/mol. The van der Waals surface area contributed by atoms with Crippen LogP contribution in [-0.2, 0) is 11.2 Å². The number of carbonyl (C=O) groups is 1. The molecular formula is C24H31N3O. The first-order valence-electron chi connectivity index (χ1n) is 10.1. The Morgan fingerprint density at radius 2 is 1.96 bits per heavy atom. The van der Waals surface area contributed by atoms with Crippen molar-refractivity contribution >= 4 is 17.8 Å². The molecule has 1 aliphatic heterocycles. The topological polar surface area (TPSA) is 44.7 Å². The molecule has 4 heteroatoms. The SMILES string of the molecule is CC(C)N1c2ccc(/C=N\NC(=O)Cc3ccccc3)cc2[C@H](C)CC1(C)C. The zero-order chi connectivity index (χ0) is 20.3. The monoisotopic (exact) mass is 377 g/mol. The van der Waals surface area contributed by atoms with Gasteiger partial charge in [0.05, 0.1) is 12.6 Å². The quantitative estimate of drug-likeness (QED) is 0.596. The van der Waals surface area contributed by atoms with E-state index in [4.69, 9.17) is 0 Å². The lowest BCUT2D eigenvalue weighted by Crippen LogP contribution is -2.51. The Kier molecular flexibility index (Phi) is 5.87. The summed E-state index contributed by atoms with van der Waals surface area (Å²) in [5.74, 6) is 0.377. The van der Waals surface area contributed by atoms with Crippen LogP contribution < -0.4 is 10.3 Å². The van der Waals surface area contributed by atoms with Crippen molar-refractivity contribution in [1.82, 2.24) is 5.43 Å². The summed E-state index contributed by atoms with van der Waals surface area (Å²) < 4.78 is 0. The highest BCUT2D eigenvalue weighted by Crippen LogP contribution is 2.44. The molecule has 0 unspecified atom stereocenters. The first kappa shape index (κ1) is 20.1. The molecule has 3 rings (SSSR count). The second kappa shape index (κ2) is 8.17. The Hall–Kier alpha value is -2.62. The predicted octanol–water partition coefficient (Wildman–Crippen LogP) is 4.88. The second-order valence-corrected chi connectivity index (χ2v) is 8.66. The molecule has 0 radical (unpaired) electrons. The van der Waals surface area contributed by atoms with Crippen molar-refractivity contribution in [3.8, 4) is 0 Å². The minimum atomic E-state index is -0.110. The van der Waals surface area contributed by atoms with Crippen molar-refractivity contribution in [2.24, 2.45) is 5.10 Å². The average Bonchev–Trinajstić information content (AvgIpc) is 2.62. The molecule has 1 amide bonds. The normalized spacial score (nSPS) is 18.4. The molecule has 2 aromatic carbocycles. The highest BCUT2D eigenvalue weighted by molar-refractivity contribution is 5.84. The number of carbonyl (C=O) groups excluding carboxylic acids is 1. The number of nitrogens with one attached hydrogen (secondary N) is 1. The van der Waals surface area contributed by atoms with E-state index in [1.807, 2.05) is 30.3 Å². The lowest BCUT2D eigenvalue weighted by Gasteiger charge is -2.50. The van der Waals surface area contributed by atoms with Crippen molar-refractivity contribution in [2.75, 3.05) is 4.90 Å².